The molecule has 0 atom stereocenters. The molecule has 0 saturated heterocycles. The maximum absolute atomic E-state index is 13.9. The first kappa shape index (κ1) is 19.1. The highest BCUT2D eigenvalue weighted by atomic mass is 35.5. The van der Waals surface area contributed by atoms with Gasteiger partial charge in [-0.25, -0.2) is 18.7 Å². The van der Waals surface area contributed by atoms with Gasteiger partial charge < -0.3 is 10.1 Å². The highest BCUT2D eigenvalue weighted by Crippen LogP contribution is 2.29. The number of benzene rings is 2. The van der Waals surface area contributed by atoms with Crippen molar-refractivity contribution < 1.29 is 13.5 Å². The summed E-state index contributed by atoms with van der Waals surface area (Å²) in [5, 5.41) is 3.75. The Morgan fingerprint density at radius 2 is 1.90 bits per heavy atom. The lowest BCUT2D eigenvalue weighted by Crippen LogP contribution is -2.04. The first-order valence-electron chi connectivity index (χ1n) is 8.84. The highest BCUT2D eigenvalue weighted by Gasteiger charge is 2.17. The summed E-state index contributed by atoms with van der Waals surface area (Å²) < 4.78 is 34.8. The van der Waals surface area contributed by atoms with Crippen molar-refractivity contribution in [3.63, 3.8) is 0 Å². The minimum Gasteiger partial charge on any atom is -0.418 e. The van der Waals surface area contributed by atoms with E-state index < -0.39 is 17.4 Å². The molecule has 1 N–H and O–H groups in total. The second-order valence-corrected chi connectivity index (χ2v) is 6.71. The number of nitrogens with one attached hydrogen (secondary N) is 1. The summed E-state index contributed by atoms with van der Waals surface area (Å²) in [6.45, 7) is 4.41. The summed E-state index contributed by atoms with van der Waals surface area (Å²) >= 11 is 6.27. The molecule has 4 rings (SSSR count). The maximum Gasteiger partial charge on any atom is 0.324 e. The monoisotopic (exact) mass is 415 g/mol. The van der Waals surface area contributed by atoms with Gasteiger partial charge in [-0.2, -0.15) is 4.98 Å². The molecule has 0 radical (unpaired) electrons. The lowest BCUT2D eigenvalue weighted by Gasteiger charge is -2.10. The molecule has 0 unspecified atom stereocenters. The number of para-hydroxylation sites is 1. The van der Waals surface area contributed by atoms with Crippen molar-refractivity contribution in [1.29, 1.82) is 0 Å². The molecule has 0 fully saturated rings. The number of aromatic nitrogens is 4. The van der Waals surface area contributed by atoms with E-state index in [1.807, 2.05) is 26.0 Å². The third-order valence-corrected chi connectivity index (χ3v) is 4.59. The number of hydrogen-bond acceptors (Lipinski definition) is 5. The van der Waals surface area contributed by atoms with E-state index in [-0.39, 0.29) is 6.01 Å². The molecule has 148 valence electrons. The van der Waals surface area contributed by atoms with Crippen molar-refractivity contribution >= 4 is 34.4 Å². The van der Waals surface area contributed by atoms with Gasteiger partial charge in [-0.15, -0.1) is 0 Å². The topological polar surface area (TPSA) is 64.9 Å². The van der Waals surface area contributed by atoms with Crippen LogP contribution in [0, 0.1) is 18.6 Å². The molecule has 2 aromatic carbocycles. The summed E-state index contributed by atoms with van der Waals surface area (Å²) in [7, 11) is 0. The average molecular weight is 416 g/mol. The number of ether oxygens (including phenoxy) is 1. The molecule has 29 heavy (non-hydrogen) atoms. The van der Waals surface area contributed by atoms with Crippen LogP contribution in [0.1, 0.15) is 12.5 Å². The zero-order valence-electron chi connectivity index (χ0n) is 15.6. The molecule has 0 amide bonds. The molecular weight excluding hydrogens is 400 g/mol. The van der Waals surface area contributed by atoms with Gasteiger partial charge in [0.2, 0.25) is 11.7 Å². The molecule has 0 bridgehead atoms. The summed E-state index contributed by atoms with van der Waals surface area (Å²) in [6, 6.07) is 8.88. The van der Waals surface area contributed by atoms with Crippen LogP contribution in [0.4, 0.5) is 20.4 Å². The molecule has 0 aliphatic rings. The van der Waals surface area contributed by atoms with Crippen molar-refractivity contribution in [2.24, 2.45) is 0 Å². The number of anilines is 2. The van der Waals surface area contributed by atoms with Gasteiger partial charge in [0, 0.05) is 6.54 Å². The van der Waals surface area contributed by atoms with E-state index in [9.17, 15) is 8.78 Å². The van der Waals surface area contributed by atoms with Gasteiger partial charge in [-0.3, -0.25) is 4.57 Å². The van der Waals surface area contributed by atoms with Crippen molar-refractivity contribution in [1.82, 2.24) is 19.5 Å². The van der Waals surface area contributed by atoms with Crippen molar-refractivity contribution in [2.45, 2.75) is 20.4 Å². The molecule has 0 saturated carbocycles. The van der Waals surface area contributed by atoms with Gasteiger partial charge in [0.15, 0.2) is 17.3 Å². The third kappa shape index (κ3) is 3.71. The lowest BCUT2D eigenvalue weighted by molar-refractivity contribution is 0.383. The summed E-state index contributed by atoms with van der Waals surface area (Å²) in [5.41, 5.74) is 2.70. The smallest absolute Gasteiger partial charge is 0.324 e. The highest BCUT2D eigenvalue weighted by molar-refractivity contribution is 6.33. The molecule has 9 heteroatoms. The first-order chi connectivity index (χ1) is 14.0. The fraction of sp³-hybridized carbons (Fsp3) is 0.150. The van der Waals surface area contributed by atoms with E-state index in [0.29, 0.717) is 34.4 Å². The van der Waals surface area contributed by atoms with Crippen LogP contribution in [0.5, 0.6) is 11.8 Å². The predicted octanol–water partition coefficient (Wildman–Crippen LogP) is 5.62. The SMILES string of the molecule is CCn1c(Nc2cc(C)ccc2Cl)nc2cnc(Oc3c(F)cccc3F)nc21. The van der Waals surface area contributed by atoms with E-state index in [0.717, 1.165) is 17.7 Å². The van der Waals surface area contributed by atoms with Crippen molar-refractivity contribution in [3.05, 3.63) is 64.8 Å². The number of nitrogens with zero attached hydrogens (tertiary/aromatic N) is 4. The standard InChI is InChI=1S/C20H16ClF2N5O/c1-3-28-18-16(26-19(28)25-15-9-11(2)7-8-12(15)21)10-24-20(27-18)29-17-13(22)5-4-6-14(17)23/h4-10H,3H2,1-2H3,(H,25,26). The Hall–Kier alpha value is -3.26. The second-order valence-electron chi connectivity index (χ2n) is 6.30. The van der Waals surface area contributed by atoms with Gasteiger partial charge in [0.05, 0.1) is 16.9 Å². The zero-order chi connectivity index (χ0) is 20.5. The van der Waals surface area contributed by atoms with Gasteiger partial charge >= 0.3 is 6.01 Å². The van der Waals surface area contributed by atoms with Crippen LogP contribution in [0.3, 0.4) is 0 Å². The van der Waals surface area contributed by atoms with E-state index in [4.69, 9.17) is 16.3 Å². The van der Waals surface area contributed by atoms with E-state index >= 15 is 0 Å². The summed E-state index contributed by atoms with van der Waals surface area (Å²) in [4.78, 5) is 12.8. The number of fused-ring (bicyclic) bond motifs is 1. The minimum atomic E-state index is -0.839. The quantitative estimate of drug-likeness (QED) is 0.458. The fourth-order valence-electron chi connectivity index (χ4n) is 2.87. The largest absolute Gasteiger partial charge is 0.418 e. The number of rotatable bonds is 5. The van der Waals surface area contributed by atoms with Crippen LogP contribution in [-0.4, -0.2) is 19.5 Å². The Bertz CT molecular complexity index is 1190. The van der Waals surface area contributed by atoms with Gasteiger partial charge in [-0.1, -0.05) is 23.7 Å². The van der Waals surface area contributed by atoms with E-state index in [1.165, 1.54) is 12.3 Å². The molecule has 4 aromatic rings. The van der Waals surface area contributed by atoms with E-state index in [2.05, 4.69) is 20.3 Å². The zero-order valence-corrected chi connectivity index (χ0v) is 16.3. The molecule has 0 aliphatic carbocycles. The Morgan fingerprint density at radius 1 is 1.14 bits per heavy atom. The van der Waals surface area contributed by atoms with E-state index in [1.54, 1.807) is 10.6 Å². The fourth-order valence-corrected chi connectivity index (χ4v) is 3.04. The molecule has 0 aliphatic heterocycles. The van der Waals surface area contributed by atoms with Crippen LogP contribution in [0.2, 0.25) is 5.02 Å². The lowest BCUT2D eigenvalue weighted by atomic mass is 10.2. The Balaban J connectivity index is 1.73. The first-order valence-corrected chi connectivity index (χ1v) is 9.22. The van der Waals surface area contributed by atoms with Gasteiger partial charge in [0.25, 0.3) is 0 Å². The van der Waals surface area contributed by atoms with Gasteiger partial charge in [0.1, 0.15) is 5.52 Å². The normalized spacial score (nSPS) is 11.1. The van der Waals surface area contributed by atoms with Crippen molar-refractivity contribution in [2.75, 3.05) is 5.32 Å². The Morgan fingerprint density at radius 3 is 2.62 bits per heavy atom. The Kier molecular flexibility index (Phi) is 5.02. The molecule has 0 spiro atoms. The average Bonchev–Trinajstić information content (AvgIpc) is 3.04. The summed E-state index contributed by atoms with van der Waals surface area (Å²) in [5.74, 6) is -1.72. The molecule has 6 nitrogen and oxygen atoms in total. The number of hydrogen-bond donors (Lipinski definition) is 1. The number of imidazole rings is 1. The number of halogens is 3. The Labute approximate surface area is 170 Å². The van der Waals surface area contributed by atoms with Crippen LogP contribution >= 0.6 is 11.6 Å². The summed E-state index contributed by atoms with van der Waals surface area (Å²) in [6.07, 6.45) is 1.44. The minimum absolute atomic E-state index is 0.184. The van der Waals surface area contributed by atoms with Crippen LogP contribution < -0.4 is 10.1 Å². The molecular formula is C20H16ClF2N5O. The maximum atomic E-state index is 13.9. The number of aryl methyl sites for hydroxylation is 2. The van der Waals surface area contributed by atoms with Crippen LogP contribution in [0.25, 0.3) is 11.2 Å². The van der Waals surface area contributed by atoms with Gasteiger partial charge in [-0.05, 0) is 43.7 Å². The molecule has 2 heterocycles. The van der Waals surface area contributed by atoms with Crippen molar-refractivity contribution in [3.8, 4) is 11.8 Å². The second kappa shape index (κ2) is 7.63. The third-order valence-electron chi connectivity index (χ3n) is 4.26. The molecule has 2 aromatic heterocycles. The van der Waals surface area contributed by atoms with Crippen LogP contribution in [-0.2, 0) is 6.54 Å². The van der Waals surface area contributed by atoms with Crippen LogP contribution in [0.15, 0.2) is 42.6 Å². The predicted molar refractivity (Wildman–Crippen MR) is 107 cm³/mol.